The van der Waals surface area contributed by atoms with E-state index >= 15 is 0 Å². The summed E-state index contributed by atoms with van der Waals surface area (Å²) in [4.78, 5) is 12.1. The molecule has 2 aromatic rings. The van der Waals surface area contributed by atoms with E-state index in [9.17, 15) is 4.79 Å². The number of hydrogen-bond donors (Lipinski definition) is 1. The first kappa shape index (κ1) is 15.8. The van der Waals surface area contributed by atoms with Gasteiger partial charge in [-0.15, -0.1) is 0 Å². The number of benzene rings is 2. The average Bonchev–Trinajstić information content (AvgIpc) is 3.12. The van der Waals surface area contributed by atoms with Gasteiger partial charge in [-0.25, -0.2) is 0 Å². The standard InChI is InChI=1S/C20H23NO2/c22-20(18-8-4-5-9-18)21-19-12-10-17(11-13-19)15-23-14-16-6-2-1-3-7-16/h1-3,6-7,10-13,18H,4-5,8-9,14-15H2,(H,21,22). The molecule has 1 amide bonds. The number of anilines is 1. The molecule has 1 N–H and O–H groups in total. The van der Waals surface area contributed by atoms with Gasteiger partial charge in [0.05, 0.1) is 13.2 Å². The molecule has 0 aliphatic heterocycles. The molecule has 0 atom stereocenters. The molecule has 0 unspecified atom stereocenters. The number of ether oxygens (including phenoxy) is 1. The lowest BCUT2D eigenvalue weighted by molar-refractivity contribution is -0.119. The molecule has 0 saturated heterocycles. The summed E-state index contributed by atoms with van der Waals surface area (Å²) >= 11 is 0. The average molecular weight is 309 g/mol. The molecule has 0 aromatic heterocycles. The van der Waals surface area contributed by atoms with Crippen LogP contribution in [0.25, 0.3) is 0 Å². The van der Waals surface area contributed by atoms with E-state index < -0.39 is 0 Å². The van der Waals surface area contributed by atoms with Crippen molar-refractivity contribution >= 4 is 11.6 Å². The number of hydrogen-bond acceptors (Lipinski definition) is 2. The third kappa shape index (κ3) is 4.67. The van der Waals surface area contributed by atoms with Crippen molar-refractivity contribution in [1.82, 2.24) is 0 Å². The molecule has 3 rings (SSSR count). The molecule has 120 valence electrons. The van der Waals surface area contributed by atoms with Crippen LogP contribution < -0.4 is 5.32 Å². The molecule has 23 heavy (non-hydrogen) atoms. The third-order valence-electron chi connectivity index (χ3n) is 4.33. The van der Waals surface area contributed by atoms with E-state index in [-0.39, 0.29) is 11.8 Å². The minimum absolute atomic E-state index is 0.163. The lowest BCUT2D eigenvalue weighted by Crippen LogP contribution is -2.20. The third-order valence-corrected chi connectivity index (χ3v) is 4.33. The van der Waals surface area contributed by atoms with E-state index in [1.54, 1.807) is 0 Å². The highest BCUT2D eigenvalue weighted by atomic mass is 16.5. The summed E-state index contributed by atoms with van der Waals surface area (Å²) in [7, 11) is 0. The van der Waals surface area contributed by atoms with Gasteiger partial charge in [-0.05, 0) is 36.1 Å². The Hall–Kier alpha value is -2.13. The fraction of sp³-hybridized carbons (Fsp3) is 0.350. The molecule has 0 radical (unpaired) electrons. The Morgan fingerprint density at radius 3 is 2.17 bits per heavy atom. The van der Waals surface area contributed by atoms with E-state index in [0.717, 1.165) is 24.1 Å². The van der Waals surface area contributed by atoms with Crippen LogP contribution >= 0.6 is 0 Å². The minimum Gasteiger partial charge on any atom is -0.372 e. The fourth-order valence-corrected chi connectivity index (χ4v) is 2.98. The Bertz CT molecular complexity index is 616. The smallest absolute Gasteiger partial charge is 0.227 e. The van der Waals surface area contributed by atoms with Crippen molar-refractivity contribution in [2.75, 3.05) is 5.32 Å². The number of amides is 1. The van der Waals surface area contributed by atoms with Gasteiger partial charge in [0.25, 0.3) is 0 Å². The maximum absolute atomic E-state index is 12.1. The van der Waals surface area contributed by atoms with Crippen LogP contribution in [0.2, 0.25) is 0 Å². The Kier molecular flexibility index (Phi) is 5.43. The van der Waals surface area contributed by atoms with Crippen molar-refractivity contribution < 1.29 is 9.53 Å². The topological polar surface area (TPSA) is 38.3 Å². The molecular weight excluding hydrogens is 286 g/mol. The second kappa shape index (κ2) is 7.93. The quantitative estimate of drug-likeness (QED) is 0.851. The van der Waals surface area contributed by atoms with Gasteiger partial charge in [-0.3, -0.25) is 4.79 Å². The maximum atomic E-state index is 12.1. The zero-order valence-electron chi connectivity index (χ0n) is 13.3. The highest BCUT2D eigenvalue weighted by Crippen LogP contribution is 2.26. The first-order valence-corrected chi connectivity index (χ1v) is 8.33. The van der Waals surface area contributed by atoms with E-state index in [1.807, 2.05) is 42.5 Å². The molecule has 1 saturated carbocycles. The zero-order chi connectivity index (χ0) is 15.9. The zero-order valence-corrected chi connectivity index (χ0v) is 13.3. The highest BCUT2D eigenvalue weighted by Gasteiger charge is 2.22. The molecule has 1 aliphatic carbocycles. The van der Waals surface area contributed by atoms with Crippen molar-refractivity contribution in [2.24, 2.45) is 5.92 Å². The Morgan fingerprint density at radius 2 is 1.52 bits per heavy atom. The van der Waals surface area contributed by atoms with E-state index in [0.29, 0.717) is 13.2 Å². The van der Waals surface area contributed by atoms with Crippen LogP contribution in [0.5, 0.6) is 0 Å². The lowest BCUT2D eigenvalue weighted by Gasteiger charge is -2.11. The summed E-state index contributed by atoms with van der Waals surface area (Å²) in [5.74, 6) is 0.361. The Labute approximate surface area is 137 Å². The number of nitrogens with one attached hydrogen (secondary N) is 1. The van der Waals surface area contributed by atoms with Gasteiger partial charge in [0.2, 0.25) is 5.91 Å². The first-order valence-electron chi connectivity index (χ1n) is 8.33. The van der Waals surface area contributed by atoms with Gasteiger partial charge in [-0.1, -0.05) is 55.3 Å². The van der Waals surface area contributed by atoms with E-state index in [4.69, 9.17) is 4.74 Å². The summed E-state index contributed by atoms with van der Waals surface area (Å²) in [5, 5.41) is 3.01. The minimum atomic E-state index is 0.163. The van der Waals surface area contributed by atoms with Gasteiger partial charge in [0.15, 0.2) is 0 Å². The molecule has 1 fully saturated rings. The van der Waals surface area contributed by atoms with Crippen molar-refractivity contribution in [1.29, 1.82) is 0 Å². The largest absolute Gasteiger partial charge is 0.372 e. The number of rotatable bonds is 6. The molecule has 0 spiro atoms. The van der Waals surface area contributed by atoms with E-state index in [2.05, 4.69) is 17.4 Å². The summed E-state index contributed by atoms with van der Waals surface area (Å²) in [6.45, 7) is 1.19. The van der Waals surface area contributed by atoms with Crippen LogP contribution in [0, 0.1) is 5.92 Å². The van der Waals surface area contributed by atoms with Gasteiger partial charge in [0.1, 0.15) is 0 Å². The first-order chi connectivity index (χ1) is 11.3. The van der Waals surface area contributed by atoms with E-state index in [1.165, 1.54) is 18.4 Å². The SMILES string of the molecule is O=C(Nc1ccc(COCc2ccccc2)cc1)C1CCCC1. The Balaban J connectivity index is 1.46. The van der Waals surface area contributed by atoms with Gasteiger partial charge < -0.3 is 10.1 Å². The maximum Gasteiger partial charge on any atom is 0.227 e. The fourth-order valence-electron chi connectivity index (χ4n) is 2.98. The van der Waals surface area contributed by atoms with Gasteiger partial charge >= 0.3 is 0 Å². The van der Waals surface area contributed by atoms with Crippen LogP contribution in [0.4, 0.5) is 5.69 Å². The van der Waals surface area contributed by atoms with Crippen molar-refractivity contribution in [3.8, 4) is 0 Å². The normalized spacial score (nSPS) is 14.8. The lowest BCUT2D eigenvalue weighted by atomic mass is 10.1. The molecule has 3 heteroatoms. The summed E-state index contributed by atoms with van der Waals surface area (Å²) < 4.78 is 5.72. The predicted molar refractivity (Wildman–Crippen MR) is 92.0 cm³/mol. The van der Waals surface area contributed by atoms with Crippen molar-refractivity contribution in [3.63, 3.8) is 0 Å². The second-order valence-electron chi connectivity index (χ2n) is 6.15. The predicted octanol–water partition coefficient (Wildman–Crippen LogP) is 4.53. The number of carbonyl (C=O) groups is 1. The van der Waals surface area contributed by atoms with Crippen LogP contribution in [-0.2, 0) is 22.7 Å². The molecule has 1 aliphatic rings. The molecule has 0 heterocycles. The summed E-state index contributed by atoms with van der Waals surface area (Å²) in [6.07, 6.45) is 4.40. The van der Waals surface area contributed by atoms with Crippen molar-refractivity contribution in [2.45, 2.75) is 38.9 Å². The monoisotopic (exact) mass is 309 g/mol. The van der Waals surface area contributed by atoms with Gasteiger partial charge in [-0.2, -0.15) is 0 Å². The Morgan fingerprint density at radius 1 is 0.913 bits per heavy atom. The van der Waals surface area contributed by atoms with Gasteiger partial charge in [0, 0.05) is 11.6 Å². The van der Waals surface area contributed by atoms with Crippen molar-refractivity contribution in [3.05, 3.63) is 65.7 Å². The summed E-state index contributed by atoms with van der Waals surface area (Å²) in [5.41, 5.74) is 3.15. The molecular formula is C20H23NO2. The number of carbonyl (C=O) groups excluding carboxylic acids is 1. The van der Waals surface area contributed by atoms with Crippen LogP contribution in [0.1, 0.15) is 36.8 Å². The second-order valence-corrected chi connectivity index (χ2v) is 6.15. The summed E-state index contributed by atoms with van der Waals surface area (Å²) in [6, 6.07) is 18.1. The van der Waals surface area contributed by atoms with Crippen LogP contribution in [0.15, 0.2) is 54.6 Å². The van der Waals surface area contributed by atoms with Crippen LogP contribution in [-0.4, -0.2) is 5.91 Å². The van der Waals surface area contributed by atoms with Crippen LogP contribution in [0.3, 0.4) is 0 Å². The molecule has 3 nitrogen and oxygen atoms in total. The molecule has 0 bridgehead atoms. The molecule has 2 aromatic carbocycles. The highest BCUT2D eigenvalue weighted by molar-refractivity contribution is 5.92.